The molecule has 0 aromatic heterocycles. The molecule has 2 aromatic rings. The average molecular weight is 344 g/mol. The molecule has 7 heteroatoms. The van der Waals surface area contributed by atoms with Gasteiger partial charge < -0.3 is 29.6 Å². The Morgan fingerprint density at radius 3 is 2.60 bits per heavy atom. The van der Waals surface area contributed by atoms with Gasteiger partial charge in [-0.3, -0.25) is 0 Å². The number of nitrogens with one attached hydrogen (secondary N) is 2. The van der Waals surface area contributed by atoms with Crippen LogP contribution in [-0.2, 0) is 6.54 Å². The van der Waals surface area contributed by atoms with E-state index >= 15 is 0 Å². The molecule has 1 aliphatic heterocycles. The van der Waals surface area contributed by atoms with Crippen LogP contribution in [0.25, 0.3) is 0 Å². The zero-order chi connectivity index (χ0) is 17.5. The van der Waals surface area contributed by atoms with Gasteiger partial charge in [0.1, 0.15) is 18.1 Å². The number of rotatable bonds is 7. The Balaban J connectivity index is 1.33. The van der Waals surface area contributed by atoms with E-state index < -0.39 is 0 Å². The Kier molecular flexibility index (Phi) is 5.46. The van der Waals surface area contributed by atoms with Crippen molar-refractivity contribution in [2.24, 2.45) is 0 Å². The van der Waals surface area contributed by atoms with Crippen LogP contribution < -0.4 is 29.6 Å². The highest BCUT2D eigenvalue weighted by atomic mass is 16.7. The smallest absolute Gasteiger partial charge is 0.315 e. The van der Waals surface area contributed by atoms with Gasteiger partial charge in [-0.1, -0.05) is 12.1 Å². The van der Waals surface area contributed by atoms with Gasteiger partial charge in [-0.05, 0) is 29.8 Å². The molecule has 1 aliphatic rings. The van der Waals surface area contributed by atoms with Gasteiger partial charge in [0.05, 0.1) is 13.7 Å². The zero-order valence-corrected chi connectivity index (χ0v) is 13.9. The number of carbonyl (C=O) groups excluding carboxylic acids is 1. The van der Waals surface area contributed by atoms with Crippen molar-refractivity contribution in [2.45, 2.75) is 6.54 Å². The predicted octanol–water partition coefficient (Wildman–Crippen LogP) is 2.30. The number of fused-ring (bicyclic) bond motifs is 1. The fourth-order valence-corrected chi connectivity index (χ4v) is 2.29. The summed E-state index contributed by atoms with van der Waals surface area (Å²) in [5, 5.41) is 5.53. The molecular weight excluding hydrogens is 324 g/mol. The van der Waals surface area contributed by atoms with Gasteiger partial charge in [0.25, 0.3) is 0 Å². The number of urea groups is 1. The lowest BCUT2D eigenvalue weighted by molar-refractivity contribution is 0.173. The summed E-state index contributed by atoms with van der Waals surface area (Å²) in [6.07, 6.45) is 0. The number of hydrogen-bond acceptors (Lipinski definition) is 5. The number of ether oxygens (including phenoxy) is 4. The fraction of sp³-hybridized carbons (Fsp3) is 0.278. The van der Waals surface area contributed by atoms with Crippen LogP contribution in [0.3, 0.4) is 0 Å². The summed E-state index contributed by atoms with van der Waals surface area (Å²) in [7, 11) is 1.62. The second kappa shape index (κ2) is 8.14. The van der Waals surface area contributed by atoms with Crippen molar-refractivity contribution in [1.29, 1.82) is 0 Å². The summed E-state index contributed by atoms with van der Waals surface area (Å²) in [5.74, 6) is 2.84. The Bertz CT molecular complexity index is 718. The molecule has 0 bridgehead atoms. The molecule has 2 amide bonds. The summed E-state index contributed by atoms with van der Waals surface area (Å²) in [4.78, 5) is 11.8. The molecule has 2 N–H and O–H groups in total. The highest BCUT2D eigenvalue weighted by Crippen LogP contribution is 2.34. The Morgan fingerprint density at radius 2 is 1.80 bits per heavy atom. The van der Waals surface area contributed by atoms with Crippen molar-refractivity contribution in [3.05, 3.63) is 48.0 Å². The van der Waals surface area contributed by atoms with Crippen LogP contribution in [0.1, 0.15) is 5.56 Å². The van der Waals surface area contributed by atoms with Crippen LogP contribution >= 0.6 is 0 Å². The van der Waals surface area contributed by atoms with Gasteiger partial charge in [0.2, 0.25) is 6.79 Å². The topological polar surface area (TPSA) is 78.1 Å². The molecule has 0 atom stereocenters. The molecule has 3 rings (SSSR count). The lowest BCUT2D eigenvalue weighted by atomic mass is 10.2. The summed E-state index contributed by atoms with van der Waals surface area (Å²) in [6, 6.07) is 12.6. The van der Waals surface area contributed by atoms with Gasteiger partial charge in [-0.15, -0.1) is 0 Å². The van der Waals surface area contributed by atoms with Crippen LogP contribution in [-0.4, -0.2) is 33.1 Å². The quantitative estimate of drug-likeness (QED) is 0.754. The van der Waals surface area contributed by atoms with Crippen molar-refractivity contribution in [3.8, 4) is 23.0 Å². The monoisotopic (exact) mass is 344 g/mol. The minimum absolute atomic E-state index is 0.231. The zero-order valence-electron chi connectivity index (χ0n) is 13.9. The summed E-state index contributed by atoms with van der Waals surface area (Å²) in [6.45, 7) is 1.42. The molecule has 0 unspecified atom stereocenters. The maximum absolute atomic E-state index is 11.8. The van der Waals surface area contributed by atoms with Crippen molar-refractivity contribution < 1.29 is 23.7 Å². The van der Waals surface area contributed by atoms with Crippen LogP contribution in [0.2, 0.25) is 0 Å². The Morgan fingerprint density at radius 1 is 1.04 bits per heavy atom. The molecule has 0 spiro atoms. The molecule has 0 saturated carbocycles. The molecule has 2 aromatic carbocycles. The number of amides is 2. The molecule has 0 saturated heterocycles. The first-order chi connectivity index (χ1) is 12.2. The van der Waals surface area contributed by atoms with E-state index in [1.165, 1.54) is 0 Å². The van der Waals surface area contributed by atoms with E-state index in [2.05, 4.69) is 10.6 Å². The molecule has 132 valence electrons. The summed E-state index contributed by atoms with van der Waals surface area (Å²) in [5.41, 5.74) is 0.993. The minimum Gasteiger partial charge on any atom is -0.497 e. The average Bonchev–Trinajstić information content (AvgIpc) is 3.12. The Labute approximate surface area is 145 Å². The first-order valence-electron chi connectivity index (χ1n) is 7.91. The lowest BCUT2D eigenvalue weighted by Gasteiger charge is -2.10. The van der Waals surface area contributed by atoms with Crippen LogP contribution in [0.5, 0.6) is 23.0 Å². The normalized spacial score (nSPS) is 11.7. The van der Waals surface area contributed by atoms with Crippen molar-refractivity contribution in [1.82, 2.24) is 10.6 Å². The summed E-state index contributed by atoms with van der Waals surface area (Å²) < 4.78 is 21.2. The van der Waals surface area contributed by atoms with E-state index in [1.54, 1.807) is 25.3 Å². The van der Waals surface area contributed by atoms with E-state index in [0.717, 1.165) is 11.3 Å². The van der Waals surface area contributed by atoms with Crippen molar-refractivity contribution in [3.63, 3.8) is 0 Å². The van der Waals surface area contributed by atoms with E-state index in [1.807, 2.05) is 24.3 Å². The van der Waals surface area contributed by atoms with E-state index in [-0.39, 0.29) is 12.8 Å². The van der Waals surface area contributed by atoms with Gasteiger partial charge >= 0.3 is 6.03 Å². The molecule has 0 aliphatic carbocycles. The third-order valence-electron chi connectivity index (χ3n) is 3.61. The number of benzene rings is 2. The van der Waals surface area contributed by atoms with Crippen molar-refractivity contribution in [2.75, 3.05) is 27.1 Å². The molecule has 7 nitrogen and oxygen atoms in total. The van der Waals surface area contributed by atoms with Crippen molar-refractivity contribution >= 4 is 6.03 Å². The number of carbonyl (C=O) groups is 1. The fourth-order valence-electron chi connectivity index (χ4n) is 2.29. The second-order valence-corrected chi connectivity index (χ2v) is 5.32. The molecular formula is C18H20N2O5. The first-order valence-corrected chi connectivity index (χ1v) is 7.91. The predicted molar refractivity (Wildman–Crippen MR) is 91.3 cm³/mol. The third kappa shape index (κ3) is 4.69. The van der Waals surface area contributed by atoms with Crippen LogP contribution in [0.15, 0.2) is 42.5 Å². The second-order valence-electron chi connectivity index (χ2n) is 5.32. The third-order valence-corrected chi connectivity index (χ3v) is 3.61. The number of methoxy groups -OCH3 is 1. The summed E-state index contributed by atoms with van der Waals surface area (Å²) >= 11 is 0. The Hall–Kier alpha value is -3.09. The largest absolute Gasteiger partial charge is 0.497 e. The molecule has 0 fully saturated rings. The highest BCUT2D eigenvalue weighted by molar-refractivity contribution is 5.73. The van der Waals surface area contributed by atoms with Crippen LogP contribution in [0, 0.1) is 0 Å². The molecule has 1 heterocycles. The molecule has 25 heavy (non-hydrogen) atoms. The van der Waals surface area contributed by atoms with E-state index in [0.29, 0.717) is 36.9 Å². The van der Waals surface area contributed by atoms with Gasteiger partial charge in [-0.2, -0.15) is 0 Å². The highest BCUT2D eigenvalue weighted by Gasteiger charge is 2.13. The number of hydrogen-bond donors (Lipinski definition) is 2. The minimum atomic E-state index is -0.245. The van der Waals surface area contributed by atoms with Gasteiger partial charge in [-0.25, -0.2) is 4.79 Å². The molecule has 0 radical (unpaired) electrons. The maximum Gasteiger partial charge on any atom is 0.315 e. The maximum atomic E-state index is 11.8. The van der Waals surface area contributed by atoms with Crippen LogP contribution in [0.4, 0.5) is 4.79 Å². The van der Waals surface area contributed by atoms with E-state index in [4.69, 9.17) is 18.9 Å². The van der Waals surface area contributed by atoms with Gasteiger partial charge in [0, 0.05) is 12.6 Å². The van der Waals surface area contributed by atoms with Gasteiger partial charge in [0.15, 0.2) is 11.5 Å². The standard InChI is InChI=1S/C18H20N2O5/c1-22-14-4-2-13(3-5-14)11-20-18(21)19-8-9-23-15-6-7-16-17(10-15)25-12-24-16/h2-7,10H,8-9,11-12H2,1H3,(H2,19,20,21). The van der Waals surface area contributed by atoms with E-state index in [9.17, 15) is 4.79 Å². The SMILES string of the molecule is COc1ccc(CNC(=O)NCCOc2ccc3c(c2)OCO3)cc1. The lowest BCUT2D eigenvalue weighted by Crippen LogP contribution is -2.37. The first kappa shape index (κ1) is 16.8.